The van der Waals surface area contributed by atoms with Gasteiger partial charge in [-0.1, -0.05) is 6.08 Å². The first-order chi connectivity index (χ1) is 6.38. The fourth-order valence-electron chi connectivity index (χ4n) is 2.65. The van der Waals surface area contributed by atoms with Crippen molar-refractivity contribution in [3.05, 3.63) is 12.7 Å². The van der Waals surface area contributed by atoms with Gasteiger partial charge in [-0.3, -0.25) is 0 Å². The molecule has 3 rings (SSSR count). The molecule has 1 nitrogen and oxygen atoms in total. The maximum Gasteiger partial charge on any atom is 0.290 e. The average molecular weight is 206 g/mol. The van der Waals surface area contributed by atoms with Crippen LogP contribution in [0.15, 0.2) is 12.7 Å². The van der Waals surface area contributed by atoms with E-state index in [4.69, 9.17) is 0 Å². The van der Waals surface area contributed by atoms with Crippen LogP contribution in [0.1, 0.15) is 25.7 Å². The second-order valence-corrected chi connectivity index (χ2v) is 4.45. The number of rotatable bonds is 1. The van der Waals surface area contributed by atoms with Gasteiger partial charge in [0.05, 0.1) is 5.41 Å². The van der Waals surface area contributed by atoms with Gasteiger partial charge in [0, 0.05) is 0 Å². The third-order valence-electron chi connectivity index (χ3n) is 3.85. The Labute approximate surface area is 80.6 Å². The molecule has 0 spiro atoms. The summed E-state index contributed by atoms with van der Waals surface area (Å²) >= 11 is 0. The lowest BCUT2D eigenvalue weighted by Crippen LogP contribution is -2.66. The molecular formula is C10H13F3O. The van der Waals surface area contributed by atoms with Crippen LogP contribution in [0.4, 0.5) is 13.2 Å². The highest BCUT2D eigenvalue weighted by Crippen LogP contribution is 2.61. The molecule has 0 aromatic rings. The zero-order valence-corrected chi connectivity index (χ0v) is 7.77. The SMILES string of the molecule is C=CC12CCC(O)(CC1)C(F)C2(F)F. The Bertz CT molecular complexity index is 267. The third-order valence-corrected chi connectivity index (χ3v) is 3.85. The monoisotopic (exact) mass is 206 g/mol. The molecule has 1 unspecified atom stereocenters. The smallest absolute Gasteiger partial charge is 0.290 e. The number of fused-ring (bicyclic) bond motifs is 3. The molecule has 2 bridgehead atoms. The molecule has 3 aliphatic rings. The minimum atomic E-state index is -3.47. The van der Waals surface area contributed by atoms with Crippen molar-refractivity contribution >= 4 is 0 Å². The van der Waals surface area contributed by atoms with Crippen molar-refractivity contribution in [3.8, 4) is 0 Å². The fourth-order valence-corrected chi connectivity index (χ4v) is 2.65. The molecule has 1 atom stereocenters. The van der Waals surface area contributed by atoms with E-state index in [0.29, 0.717) is 0 Å². The summed E-state index contributed by atoms with van der Waals surface area (Å²) in [6.07, 6.45) is -0.819. The highest BCUT2D eigenvalue weighted by molar-refractivity contribution is 5.19. The lowest BCUT2D eigenvalue weighted by atomic mass is 9.55. The van der Waals surface area contributed by atoms with Crippen LogP contribution in [0.3, 0.4) is 0 Å². The maximum atomic E-state index is 13.6. The quantitative estimate of drug-likeness (QED) is 0.653. The van der Waals surface area contributed by atoms with Crippen LogP contribution < -0.4 is 0 Å². The Hall–Kier alpha value is -0.510. The van der Waals surface area contributed by atoms with Crippen LogP contribution in [0.25, 0.3) is 0 Å². The maximum absolute atomic E-state index is 13.6. The predicted molar refractivity (Wildman–Crippen MR) is 45.9 cm³/mol. The van der Waals surface area contributed by atoms with E-state index in [1.807, 2.05) is 0 Å². The Morgan fingerprint density at radius 2 is 1.71 bits per heavy atom. The molecule has 14 heavy (non-hydrogen) atoms. The van der Waals surface area contributed by atoms with E-state index in [0.717, 1.165) is 0 Å². The van der Waals surface area contributed by atoms with Gasteiger partial charge in [-0.25, -0.2) is 13.2 Å². The molecule has 0 saturated heterocycles. The first-order valence-electron chi connectivity index (χ1n) is 4.76. The van der Waals surface area contributed by atoms with E-state index in [9.17, 15) is 18.3 Å². The fraction of sp³-hybridized carbons (Fsp3) is 0.800. The molecule has 3 fully saturated rings. The molecule has 4 heteroatoms. The zero-order chi connectivity index (χ0) is 10.6. The lowest BCUT2D eigenvalue weighted by Gasteiger charge is -2.55. The average Bonchev–Trinajstić information content (AvgIpc) is 2.16. The van der Waals surface area contributed by atoms with Crippen molar-refractivity contribution in [3.63, 3.8) is 0 Å². The van der Waals surface area contributed by atoms with Crippen LogP contribution in [-0.2, 0) is 0 Å². The normalized spacial score (nSPS) is 50.4. The van der Waals surface area contributed by atoms with Crippen molar-refractivity contribution in [1.29, 1.82) is 0 Å². The third kappa shape index (κ3) is 0.900. The summed E-state index contributed by atoms with van der Waals surface area (Å²) in [5.74, 6) is -3.47. The topological polar surface area (TPSA) is 20.2 Å². The van der Waals surface area contributed by atoms with Crippen molar-refractivity contribution in [2.75, 3.05) is 0 Å². The summed E-state index contributed by atoms with van der Waals surface area (Å²) in [6.45, 7) is 3.38. The van der Waals surface area contributed by atoms with E-state index in [1.165, 1.54) is 6.08 Å². The highest BCUT2D eigenvalue weighted by atomic mass is 19.3. The van der Waals surface area contributed by atoms with Crippen LogP contribution in [-0.4, -0.2) is 22.8 Å². The Balaban J connectivity index is 2.45. The van der Waals surface area contributed by atoms with Gasteiger partial charge < -0.3 is 5.11 Å². The molecular weight excluding hydrogens is 193 g/mol. The first kappa shape index (κ1) is 10.0. The molecule has 1 N–H and O–H groups in total. The Morgan fingerprint density at radius 3 is 2.14 bits per heavy atom. The van der Waals surface area contributed by atoms with Crippen molar-refractivity contribution in [1.82, 2.24) is 0 Å². The molecule has 80 valence electrons. The predicted octanol–water partition coefficient (Wildman–Crippen LogP) is 2.45. The van der Waals surface area contributed by atoms with Crippen LogP contribution in [0.2, 0.25) is 0 Å². The number of hydrogen-bond donors (Lipinski definition) is 1. The van der Waals surface area contributed by atoms with Crippen molar-refractivity contribution in [2.24, 2.45) is 5.41 Å². The summed E-state index contributed by atoms with van der Waals surface area (Å²) in [7, 11) is 0. The lowest BCUT2D eigenvalue weighted by molar-refractivity contribution is -0.274. The van der Waals surface area contributed by atoms with E-state index < -0.39 is 23.1 Å². The van der Waals surface area contributed by atoms with E-state index in [2.05, 4.69) is 6.58 Å². The van der Waals surface area contributed by atoms with Gasteiger partial charge in [0.1, 0.15) is 5.60 Å². The second-order valence-electron chi connectivity index (χ2n) is 4.45. The summed E-state index contributed by atoms with van der Waals surface area (Å²) < 4.78 is 40.6. The standard InChI is InChI=1S/C10H13F3O/c1-2-8-3-5-9(14,6-4-8)7(11)10(8,12)13/h2,7,14H,1,3-6H2. The molecule has 0 aromatic heterocycles. The van der Waals surface area contributed by atoms with Crippen LogP contribution in [0.5, 0.6) is 0 Å². The number of halogens is 3. The largest absolute Gasteiger partial charge is 0.387 e. The van der Waals surface area contributed by atoms with E-state index in [-0.39, 0.29) is 25.7 Å². The Kier molecular flexibility index (Phi) is 1.82. The van der Waals surface area contributed by atoms with Crippen LogP contribution >= 0.6 is 0 Å². The van der Waals surface area contributed by atoms with Crippen molar-refractivity contribution < 1.29 is 18.3 Å². The van der Waals surface area contributed by atoms with Crippen LogP contribution in [0, 0.1) is 5.41 Å². The summed E-state index contributed by atoms with van der Waals surface area (Å²) in [5.41, 5.74) is -3.24. The molecule has 0 heterocycles. The van der Waals surface area contributed by atoms with Gasteiger partial charge in [0.25, 0.3) is 5.92 Å². The van der Waals surface area contributed by atoms with Gasteiger partial charge in [0.2, 0.25) is 0 Å². The summed E-state index contributed by atoms with van der Waals surface area (Å²) in [4.78, 5) is 0. The number of alkyl halides is 3. The summed E-state index contributed by atoms with van der Waals surface area (Å²) in [6, 6.07) is 0. The first-order valence-corrected chi connectivity index (χ1v) is 4.76. The van der Waals surface area contributed by atoms with Gasteiger partial charge >= 0.3 is 0 Å². The minimum absolute atomic E-state index is 0.107. The number of allylic oxidation sites excluding steroid dienone is 1. The molecule has 0 amide bonds. The number of aliphatic hydroxyl groups is 1. The summed E-state index contributed by atoms with van der Waals surface area (Å²) in [5, 5.41) is 9.64. The van der Waals surface area contributed by atoms with Gasteiger partial charge in [0.15, 0.2) is 6.17 Å². The van der Waals surface area contributed by atoms with Gasteiger partial charge in [-0.05, 0) is 25.7 Å². The molecule has 3 saturated carbocycles. The molecule has 3 aliphatic carbocycles. The van der Waals surface area contributed by atoms with E-state index in [1.54, 1.807) is 0 Å². The zero-order valence-electron chi connectivity index (χ0n) is 7.77. The molecule has 0 radical (unpaired) electrons. The van der Waals surface area contributed by atoms with E-state index >= 15 is 0 Å². The number of hydrogen-bond acceptors (Lipinski definition) is 1. The second kappa shape index (κ2) is 2.54. The van der Waals surface area contributed by atoms with Gasteiger partial charge in [-0.2, -0.15) is 0 Å². The van der Waals surface area contributed by atoms with Gasteiger partial charge in [-0.15, -0.1) is 6.58 Å². The molecule has 0 aromatic carbocycles. The Morgan fingerprint density at radius 1 is 1.21 bits per heavy atom. The highest BCUT2D eigenvalue weighted by Gasteiger charge is 2.70. The van der Waals surface area contributed by atoms with Crippen molar-refractivity contribution in [2.45, 2.75) is 43.4 Å². The molecule has 0 aliphatic heterocycles. The minimum Gasteiger partial charge on any atom is -0.387 e.